The van der Waals surface area contributed by atoms with Crippen LogP contribution in [0.1, 0.15) is 31.9 Å². The summed E-state index contributed by atoms with van der Waals surface area (Å²) in [4.78, 5) is 12.8. The van der Waals surface area contributed by atoms with Crippen LogP contribution in [0, 0.1) is 0 Å². The van der Waals surface area contributed by atoms with Crippen molar-refractivity contribution >= 4 is 23.1 Å². The molecule has 0 bridgehead atoms. The number of amides is 1. The maximum atomic E-state index is 11.5. The van der Waals surface area contributed by atoms with E-state index in [1.807, 2.05) is 19.9 Å². The second-order valence-corrected chi connectivity index (χ2v) is 6.33. The summed E-state index contributed by atoms with van der Waals surface area (Å²) in [7, 11) is 0. The fourth-order valence-corrected chi connectivity index (χ4v) is 3.58. The molecule has 0 saturated heterocycles. The molecule has 3 nitrogen and oxygen atoms in total. The van der Waals surface area contributed by atoms with Crippen LogP contribution in [0.15, 0.2) is 29.6 Å². The molecule has 1 N–H and O–H groups in total. The van der Waals surface area contributed by atoms with Crippen LogP contribution in [0.2, 0.25) is 0 Å². The van der Waals surface area contributed by atoms with E-state index in [1.165, 1.54) is 16.0 Å². The van der Waals surface area contributed by atoms with Crippen molar-refractivity contribution in [2.45, 2.75) is 32.8 Å². The first-order valence-corrected chi connectivity index (χ1v) is 7.60. The molecular formula is C16H17NO2S. The van der Waals surface area contributed by atoms with Gasteiger partial charge in [-0.2, -0.15) is 0 Å². The molecule has 2 aromatic rings. The summed E-state index contributed by atoms with van der Waals surface area (Å²) >= 11 is 1.75. The Morgan fingerprint density at radius 2 is 2.10 bits per heavy atom. The molecule has 1 aliphatic rings. The molecule has 1 aromatic carbocycles. The van der Waals surface area contributed by atoms with E-state index >= 15 is 0 Å². The Hall–Kier alpha value is -1.81. The topological polar surface area (TPSA) is 38.3 Å². The molecule has 20 heavy (non-hydrogen) atoms. The number of rotatable bonds is 2. The Bertz CT molecular complexity index is 673. The van der Waals surface area contributed by atoms with Gasteiger partial charge in [-0.3, -0.25) is 5.32 Å². The van der Waals surface area contributed by atoms with Gasteiger partial charge >= 0.3 is 6.09 Å². The summed E-state index contributed by atoms with van der Waals surface area (Å²) in [6.45, 7) is 6.00. The number of nitrogens with one attached hydrogen (secondary N) is 1. The van der Waals surface area contributed by atoms with E-state index in [1.54, 1.807) is 11.3 Å². The third kappa shape index (κ3) is 2.10. The van der Waals surface area contributed by atoms with Crippen molar-refractivity contribution in [2.24, 2.45) is 0 Å². The zero-order valence-electron chi connectivity index (χ0n) is 11.8. The number of fused-ring (bicyclic) bond motifs is 1. The zero-order chi connectivity index (χ0) is 14.3. The van der Waals surface area contributed by atoms with Crippen LogP contribution in [-0.2, 0) is 16.8 Å². The second kappa shape index (κ2) is 4.63. The molecular weight excluding hydrogens is 270 g/mol. The number of carbonyl (C=O) groups is 1. The van der Waals surface area contributed by atoms with E-state index in [0.717, 1.165) is 17.7 Å². The van der Waals surface area contributed by atoms with Crippen molar-refractivity contribution in [3.8, 4) is 10.4 Å². The quantitative estimate of drug-likeness (QED) is 0.863. The molecule has 0 spiro atoms. The fraction of sp³-hybridized carbons (Fsp3) is 0.312. The van der Waals surface area contributed by atoms with Crippen molar-refractivity contribution in [2.75, 3.05) is 5.32 Å². The highest BCUT2D eigenvalue weighted by molar-refractivity contribution is 7.13. The lowest BCUT2D eigenvalue weighted by molar-refractivity contribution is 0.0421. The minimum absolute atomic E-state index is 0.388. The Kier molecular flexibility index (Phi) is 3.05. The molecule has 3 rings (SSSR count). The van der Waals surface area contributed by atoms with Gasteiger partial charge in [0.05, 0.1) is 5.69 Å². The number of hydrogen-bond donors (Lipinski definition) is 1. The average molecular weight is 287 g/mol. The van der Waals surface area contributed by atoms with Crippen LogP contribution in [0.3, 0.4) is 0 Å². The first-order valence-electron chi connectivity index (χ1n) is 6.72. The van der Waals surface area contributed by atoms with Gasteiger partial charge in [0.25, 0.3) is 0 Å². The number of anilines is 1. The van der Waals surface area contributed by atoms with E-state index in [4.69, 9.17) is 4.74 Å². The van der Waals surface area contributed by atoms with Crippen molar-refractivity contribution in [1.82, 2.24) is 0 Å². The zero-order valence-corrected chi connectivity index (χ0v) is 12.6. The van der Waals surface area contributed by atoms with Crippen molar-refractivity contribution < 1.29 is 9.53 Å². The van der Waals surface area contributed by atoms with Gasteiger partial charge in [0.15, 0.2) is 0 Å². The number of benzene rings is 1. The number of ether oxygens (including phenoxy) is 1. The molecule has 104 valence electrons. The Morgan fingerprint density at radius 3 is 2.85 bits per heavy atom. The van der Waals surface area contributed by atoms with E-state index in [0.29, 0.717) is 0 Å². The first-order chi connectivity index (χ1) is 9.51. The van der Waals surface area contributed by atoms with E-state index in [2.05, 4.69) is 35.8 Å². The van der Waals surface area contributed by atoms with Gasteiger partial charge in [0.2, 0.25) is 0 Å². The van der Waals surface area contributed by atoms with Crippen LogP contribution < -0.4 is 5.32 Å². The Morgan fingerprint density at radius 1 is 1.30 bits per heavy atom. The molecule has 0 radical (unpaired) electrons. The van der Waals surface area contributed by atoms with Gasteiger partial charge in [0, 0.05) is 10.4 Å². The summed E-state index contributed by atoms with van der Waals surface area (Å²) in [5.41, 5.74) is 3.80. The highest BCUT2D eigenvalue weighted by atomic mass is 32.1. The predicted molar refractivity (Wildman–Crippen MR) is 82.3 cm³/mol. The van der Waals surface area contributed by atoms with E-state index < -0.39 is 5.60 Å². The Labute approximate surface area is 122 Å². The van der Waals surface area contributed by atoms with E-state index in [9.17, 15) is 4.79 Å². The van der Waals surface area contributed by atoms with Crippen molar-refractivity contribution in [1.29, 1.82) is 0 Å². The summed E-state index contributed by atoms with van der Waals surface area (Å²) in [6, 6.07) is 8.32. The average Bonchev–Trinajstić information content (AvgIpc) is 2.85. The second-order valence-electron chi connectivity index (χ2n) is 5.41. The predicted octanol–water partition coefficient (Wildman–Crippen LogP) is 4.77. The van der Waals surface area contributed by atoms with Gasteiger partial charge in [-0.05, 0) is 55.0 Å². The molecule has 0 aliphatic carbocycles. The standard InChI is InChI=1S/C16H17NO2S/c1-4-10-7-8-20-14(10)11-5-6-13-12(9-11)16(2,3)19-15(18)17-13/h5-9H,4H2,1-3H3,(H,17,18). The van der Waals surface area contributed by atoms with Crippen LogP contribution in [0.5, 0.6) is 0 Å². The number of thiophene rings is 1. The van der Waals surface area contributed by atoms with Gasteiger partial charge in [0.1, 0.15) is 5.60 Å². The highest BCUT2D eigenvalue weighted by Crippen LogP contribution is 2.39. The molecule has 1 aliphatic heterocycles. The number of aryl methyl sites for hydroxylation is 1. The fourth-order valence-electron chi connectivity index (χ4n) is 2.58. The summed E-state index contributed by atoms with van der Waals surface area (Å²) < 4.78 is 5.38. The number of carbonyl (C=O) groups excluding carboxylic acids is 1. The molecule has 0 fully saturated rings. The highest BCUT2D eigenvalue weighted by Gasteiger charge is 2.33. The summed E-state index contributed by atoms with van der Waals surface area (Å²) in [5, 5.41) is 4.88. The molecule has 0 saturated carbocycles. The summed E-state index contributed by atoms with van der Waals surface area (Å²) in [6.07, 6.45) is 0.632. The lowest BCUT2D eigenvalue weighted by Crippen LogP contribution is -2.34. The molecule has 1 amide bonds. The SMILES string of the molecule is CCc1ccsc1-c1ccc2c(c1)C(C)(C)OC(=O)N2. The third-order valence-electron chi connectivity index (χ3n) is 3.64. The monoisotopic (exact) mass is 287 g/mol. The molecule has 0 atom stereocenters. The van der Waals surface area contributed by atoms with Gasteiger partial charge < -0.3 is 4.74 Å². The molecule has 0 unspecified atom stereocenters. The van der Waals surface area contributed by atoms with Crippen LogP contribution in [0.25, 0.3) is 10.4 Å². The third-order valence-corrected chi connectivity index (χ3v) is 4.65. The normalized spacial score (nSPS) is 16.2. The number of hydrogen-bond acceptors (Lipinski definition) is 3. The van der Waals surface area contributed by atoms with Crippen molar-refractivity contribution in [3.63, 3.8) is 0 Å². The van der Waals surface area contributed by atoms with Crippen molar-refractivity contribution in [3.05, 3.63) is 40.8 Å². The van der Waals surface area contributed by atoms with Crippen LogP contribution in [-0.4, -0.2) is 6.09 Å². The van der Waals surface area contributed by atoms with Gasteiger partial charge in [-0.1, -0.05) is 13.0 Å². The minimum Gasteiger partial charge on any atom is -0.438 e. The lowest BCUT2D eigenvalue weighted by atomic mass is 9.92. The minimum atomic E-state index is -0.600. The summed E-state index contributed by atoms with van der Waals surface area (Å²) in [5.74, 6) is 0. The first kappa shape index (κ1) is 13.2. The lowest BCUT2D eigenvalue weighted by Gasteiger charge is -2.32. The Balaban J connectivity index is 2.12. The number of cyclic esters (lactones) is 1. The van der Waals surface area contributed by atoms with Crippen LogP contribution in [0.4, 0.5) is 10.5 Å². The van der Waals surface area contributed by atoms with E-state index in [-0.39, 0.29) is 6.09 Å². The van der Waals surface area contributed by atoms with Gasteiger partial charge in [-0.25, -0.2) is 4.79 Å². The molecule has 1 aromatic heterocycles. The van der Waals surface area contributed by atoms with Crippen LogP contribution >= 0.6 is 11.3 Å². The smallest absolute Gasteiger partial charge is 0.412 e. The molecule has 4 heteroatoms. The maximum absolute atomic E-state index is 11.5. The molecule has 2 heterocycles. The van der Waals surface area contributed by atoms with Gasteiger partial charge in [-0.15, -0.1) is 11.3 Å². The maximum Gasteiger partial charge on any atom is 0.412 e. The largest absolute Gasteiger partial charge is 0.438 e.